The number of hydrogen-bond donors (Lipinski definition) is 0. The number of hydrogen-bond acceptors (Lipinski definition) is 3. The molecule has 0 amide bonds. The van der Waals surface area contributed by atoms with Crippen molar-refractivity contribution in [1.29, 1.82) is 0 Å². The monoisotopic (exact) mass is 364 g/mol. The fourth-order valence-corrected chi connectivity index (χ4v) is 2.31. The number of alkyl halides is 1. The van der Waals surface area contributed by atoms with Crippen LogP contribution in [0.4, 0.5) is 0 Å². The van der Waals surface area contributed by atoms with Crippen LogP contribution in [0.5, 0.6) is 11.5 Å². The zero-order chi connectivity index (χ0) is 15.0. The largest absolute Gasteiger partial charge is 0.493 e. The molecule has 20 heavy (non-hydrogen) atoms. The molecule has 0 aliphatic carbocycles. The first kappa shape index (κ1) is 17.6. The second kappa shape index (κ2) is 9.48. The van der Waals surface area contributed by atoms with Gasteiger partial charge in [-0.15, -0.1) is 0 Å². The van der Waals surface area contributed by atoms with Gasteiger partial charge < -0.3 is 14.2 Å². The number of ether oxygens (including phenoxy) is 3. The first-order valence-electron chi connectivity index (χ1n) is 6.71. The van der Waals surface area contributed by atoms with Crippen LogP contribution >= 0.6 is 27.5 Å². The summed E-state index contributed by atoms with van der Waals surface area (Å²) in [5.41, 5.74) is 0.969. The molecule has 0 radical (unpaired) electrons. The van der Waals surface area contributed by atoms with Crippen molar-refractivity contribution in [3.8, 4) is 11.5 Å². The van der Waals surface area contributed by atoms with Crippen molar-refractivity contribution in [3.05, 3.63) is 22.7 Å². The number of benzene rings is 1. The highest BCUT2D eigenvalue weighted by Crippen LogP contribution is 2.35. The molecule has 5 heteroatoms. The molecule has 1 aromatic rings. The summed E-state index contributed by atoms with van der Waals surface area (Å²) in [7, 11) is 1.61. The Labute approximate surface area is 134 Å². The van der Waals surface area contributed by atoms with Crippen LogP contribution in [-0.2, 0) is 10.1 Å². The van der Waals surface area contributed by atoms with Crippen LogP contribution in [0.3, 0.4) is 0 Å². The number of halogens is 2. The van der Waals surface area contributed by atoms with Gasteiger partial charge in [0.15, 0.2) is 11.5 Å². The predicted octanol–water partition coefficient (Wildman–Crippen LogP) is 4.69. The molecule has 0 fully saturated rings. The van der Waals surface area contributed by atoms with Crippen molar-refractivity contribution >= 4 is 27.5 Å². The summed E-state index contributed by atoms with van der Waals surface area (Å²) in [5.74, 6) is 2.03. The van der Waals surface area contributed by atoms with E-state index in [1.54, 1.807) is 13.2 Å². The van der Waals surface area contributed by atoms with E-state index in [1.807, 2.05) is 6.07 Å². The molecule has 114 valence electrons. The Balaban J connectivity index is 2.50. The third-order valence-corrected chi connectivity index (χ3v) is 3.60. The van der Waals surface area contributed by atoms with Crippen LogP contribution in [0.25, 0.3) is 0 Å². The maximum atomic E-state index is 6.03. The first-order chi connectivity index (χ1) is 9.58. The summed E-state index contributed by atoms with van der Waals surface area (Å²) >= 11 is 9.46. The molecule has 0 aromatic heterocycles. The second-order valence-electron chi connectivity index (χ2n) is 4.87. The van der Waals surface area contributed by atoms with Crippen molar-refractivity contribution in [3.63, 3.8) is 0 Å². The Hall–Kier alpha value is -0.450. The van der Waals surface area contributed by atoms with Crippen LogP contribution in [0.15, 0.2) is 12.1 Å². The van der Waals surface area contributed by atoms with E-state index in [2.05, 4.69) is 29.8 Å². The fraction of sp³-hybridized carbons (Fsp3) is 0.600. The van der Waals surface area contributed by atoms with Gasteiger partial charge in [0.05, 0.1) is 13.7 Å². The molecule has 0 saturated carbocycles. The Morgan fingerprint density at radius 1 is 1.20 bits per heavy atom. The van der Waals surface area contributed by atoms with E-state index in [0.717, 1.165) is 24.3 Å². The van der Waals surface area contributed by atoms with Crippen molar-refractivity contribution in [2.75, 3.05) is 26.9 Å². The molecule has 0 heterocycles. The Morgan fingerprint density at radius 2 is 1.95 bits per heavy atom. The van der Waals surface area contributed by atoms with Gasteiger partial charge in [0.25, 0.3) is 0 Å². The van der Waals surface area contributed by atoms with Gasteiger partial charge >= 0.3 is 0 Å². The lowest BCUT2D eigenvalue weighted by Gasteiger charge is -2.15. The van der Waals surface area contributed by atoms with Crippen molar-refractivity contribution in [1.82, 2.24) is 0 Å². The molecule has 0 aliphatic heterocycles. The van der Waals surface area contributed by atoms with Gasteiger partial charge in [-0.05, 0) is 18.4 Å². The molecule has 0 unspecified atom stereocenters. The van der Waals surface area contributed by atoms with Crippen LogP contribution in [0.1, 0.15) is 25.8 Å². The van der Waals surface area contributed by atoms with E-state index in [4.69, 9.17) is 25.8 Å². The summed E-state index contributed by atoms with van der Waals surface area (Å²) in [6.45, 7) is 6.20. The van der Waals surface area contributed by atoms with Gasteiger partial charge in [-0.25, -0.2) is 0 Å². The second-order valence-corrected chi connectivity index (χ2v) is 5.87. The van der Waals surface area contributed by atoms with E-state index in [-0.39, 0.29) is 0 Å². The number of rotatable bonds is 9. The minimum atomic E-state index is 0.496. The van der Waals surface area contributed by atoms with E-state index >= 15 is 0 Å². The Bertz CT molecular complexity index is 385. The third-order valence-electron chi connectivity index (χ3n) is 2.77. The zero-order valence-electron chi connectivity index (χ0n) is 12.2. The highest BCUT2D eigenvalue weighted by Gasteiger charge is 2.12. The quantitative estimate of drug-likeness (QED) is 0.469. The molecule has 0 saturated heterocycles. The number of methoxy groups -OCH3 is 1. The molecule has 0 atom stereocenters. The Kier molecular flexibility index (Phi) is 8.34. The minimum absolute atomic E-state index is 0.496. The van der Waals surface area contributed by atoms with Crippen LogP contribution in [-0.4, -0.2) is 26.9 Å². The highest BCUT2D eigenvalue weighted by atomic mass is 79.9. The maximum absolute atomic E-state index is 6.03. The molecular formula is C15H22BrClO3. The molecule has 0 spiro atoms. The summed E-state index contributed by atoms with van der Waals surface area (Å²) in [6, 6.07) is 3.62. The van der Waals surface area contributed by atoms with Gasteiger partial charge in [0.1, 0.15) is 6.61 Å². The van der Waals surface area contributed by atoms with Gasteiger partial charge in [0, 0.05) is 28.6 Å². The maximum Gasteiger partial charge on any atom is 0.165 e. The summed E-state index contributed by atoms with van der Waals surface area (Å²) < 4.78 is 16.6. The lowest BCUT2D eigenvalue weighted by Crippen LogP contribution is -2.10. The fourth-order valence-electron chi connectivity index (χ4n) is 1.66. The van der Waals surface area contributed by atoms with Gasteiger partial charge in [-0.1, -0.05) is 41.4 Å². The average Bonchev–Trinajstić information content (AvgIpc) is 2.42. The smallest absolute Gasteiger partial charge is 0.165 e. The molecule has 1 rings (SSSR count). The van der Waals surface area contributed by atoms with E-state index < -0.39 is 0 Å². The molecule has 3 nitrogen and oxygen atoms in total. The Morgan fingerprint density at radius 3 is 2.55 bits per heavy atom. The molecular weight excluding hydrogens is 344 g/mol. The van der Waals surface area contributed by atoms with Gasteiger partial charge in [-0.3, -0.25) is 0 Å². The van der Waals surface area contributed by atoms with Crippen molar-refractivity contribution in [2.24, 2.45) is 5.92 Å². The van der Waals surface area contributed by atoms with E-state index in [1.165, 1.54) is 0 Å². The molecule has 0 N–H and O–H groups in total. The van der Waals surface area contributed by atoms with E-state index in [9.17, 15) is 0 Å². The lowest BCUT2D eigenvalue weighted by atomic mass is 10.1. The average molecular weight is 366 g/mol. The minimum Gasteiger partial charge on any atom is -0.493 e. The third kappa shape index (κ3) is 5.90. The SMILES string of the molecule is COc1cc(Cl)cc(CBr)c1OCCOCCC(C)C. The lowest BCUT2D eigenvalue weighted by molar-refractivity contribution is 0.0914. The predicted molar refractivity (Wildman–Crippen MR) is 86.4 cm³/mol. The van der Waals surface area contributed by atoms with Crippen LogP contribution in [0.2, 0.25) is 5.02 Å². The summed E-state index contributed by atoms with van der Waals surface area (Å²) in [5, 5.41) is 1.30. The first-order valence-corrected chi connectivity index (χ1v) is 8.21. The summed E-state index contributed by atoms with van der Waals surface area (Å²) in [6.07, 6.45) is 1.07. The molecule has 0 bridgehead atoms. The van der Waals surface area contributed by atoms with Crippen molar-refractivity contribution < 1.29 is 14.2 Å². The van der Waals surface area contributed by atoms with Gasteiger partial charge in [0.2, 0.25) is 0 Å². The standard InChI is InChI=1S/C15H22BrClO3/c1-11(2)4-5-19-6-7-20-15-12(10-16)8-13(17)9-14(15)18-3/h8-9,11H,4-7,10H2,1-3H3. The zero-order valence-corrected chi connectivity index (χ0v) is 14.6. The van der Waals surface area contributed by atoms with Crippen molar-refractivity contribution in [2.45, 2.75) is 25.6 Å². The van der Waals surface area contributed by atoms with Gasteiger partial charge in [-0.2, -0.15) is 0 Å². The highest BCUT2D eigenvalue weighted by molar-refractivity contribution is 9.08. The topological polar surface area (TPSA) is 27.7 Å². The van der Waals surface area contributed by atoms with E-state index in [0.29, 0.717) is 35.2 Å². The van der Waals surface area contributed by atoms with Crippen LogP contribution in [0, 0.1) is 5.92 Å². The molecule has 1 aromatic carbocycles. The van der Waals surface area contributed by atoms with Crippen LogP contribution < -0.4 is 9.47 Å². The summed E-state index contributed by atoms with van der Waals surface area (Å²) in [4.78, 5) is 0. The molecule has 0 aliphatic rings. The normalized spacial score (nSPS) is 10.9.